The number of carbonyl (C=O) groups is 1. The molecule has 0 spiro atoms. The molecule has 2 aromatic rings. The van der Waals surface area contributed by atoms with Gasteiger partial charge in [0.1, 0.15) is 4.88 Å². The van der Waals surface area contributed by atoms with Crippen LogP contribution in [-0.4, -0.2) is 48.5 Å². The second kappa shape index (κ2) is 4.45. The highest BCUT2D eigenvalue weighted by Crippen LogP contribution is 2.23. The smallest absolute Gasteiger partial charge is 0.267 e. The molecule has 2 aromatic heterocycles. The third kappa shape index (κ3) is 1.88. The van der Waals surface area contributed by atoms with E-state index in [-0.39, 0.29) is 11.9 Å². The van der Waals surface area contributed by atoms with Crippen molar-refractivity contribution in [1.82, 2.24) is 29.5 Å². The molecule has 3 heterocycles. The first-order valence-electron chi connectivity index (χ1n) is 5.69. The molecule has 1 aliphatic heterocycles. The predicted molar refractivity (Wildman–Crippen MR) is 64.2 cm³/mol. The van der Waals surface area contributed by atoms with E-state index in [9.17, 15) is 4.79 Å². The average Bonchev–Trinajstić information content (AvgIpc) is 3.09. The molecule has 1 amide bonds. The van der Waals surface area contributed by atoms with Crippen LogP contribution in [0.5, 0.6) is 0 Å². The molecule has 8 heteroatoms. The second-order valence-electron chi connectivity index (χ2n) is 4.23. The molecular weight excluding hydrogens is 252 g/mol. The predicted octanol–water partition coefficient (Wildman–Crippen LogP) is 0.525. The summed E-state index contributed by atoms with van der Waals surface area (Å²) in [6.07, 6.45) is 4.19. The lowest BCUT2D eigenvalue weighted by Gasteiger charge is -2.15. The lowest BCUT2D eigenvalue weighted by Crippen LogP contribution is -2.29. The lowest BCUT2D eigenvalue weighted by molar-refractivity contribution is 0.0790. The molecule has 3 rings (SSSR count). The van der Waals surface area contributed by atoms with Gasteiger partial charge in [0.2, 0.25) is 0 Å². The summed E-state index contributed by atoms with van der Waals surface area (Å²) in [4.78, 5) is 16.4. The van der Waals surface area contributed by atoms with Crippen molar-refractivity contribution in [3.63, 3.8) is 0 Å². The summed E-state index contributed by atoms with van der Waals surface area (Å²) < 4.78 is 3.80. The fraction of sp³-hybridized carbons (Fsp3) is 0.500. The quantitative estimate of drug-likeness (QED) is 0.790. The third-order valence-corrected chi connectivity index (χ3v) is 3.88. The van der Waals surface area contributed by atoms with Crippen LogP contribution < -0.4 is 0 Å². The Hall–Kier alpha value is -1.83. The first-order valence-corrected chi connectivity index (χ1v) is 6.47. The Balaban J connectivity index is 1.73. The summed E-state index contributed by atoms with van der Waals surface area (Å²) in [6.45, 7) is 3.17. The molecule has 94 valence electrons. The second-order valence-corrected chi connectivity index (χ2v) is 4.98. The molecule has 18 heavy (non-hydrogen) atoms. The largest absolute Gasteiger partial charge is 0.336 e. The summed E-state index contributed by atoms with van der Waals surface area (Å²) in [5.74, 6) is 0.0113. The van der Waals surface area contributed by atoms with Crippen LogP contribution in [-0.2, 0) is 0 Å². The molecule has 0 bridgehead atoms. The zero-order chi connectivity index (χ0) is 12.5. The highest BCUT2D eigenvalue weighted by Gasteiger charge is 2.30. The molecule has 0 radical (unpaired) electrons. The van der Waals surface area contributed by atoms with Crippen molar-refractivity contribution in [2.24, 2.45) is 0 Å². The molecule has 1 unspecified atom stereocenters. The molecule has 1 saturated heterocycles. The Morgan fingerprint density at radius 1 is 1.44 bits per heavy atom. The van der Waals surface area contributed by atoms with Gasteiger partial charge in [0.05, 0.1) is 24.1 Å². The number of aryl methyl sites for hydroxylation is 1. The summed E-state index contributed by atoms with van der Waals surface area (Å²) in [5.41, 5.74) is 0.700. The van der Waals surface area contributed by atoms with E-state index in [0.29, 0.717) is 17.1 Å². The van der Waals surface area contributed by atoms with Gasteiger partial charge in [0, 0.05) is 13.1 Å². The third-order valence-electron chi connectivity index (χ3n) is 3.06. The van der Waals surface area contributed by atoms with Gasteiger partial charge in [-0.1, -0.05) is 4.49 Å². The van der Waals surface area contributed by atoms with Crippen LogP contribution in [0.15, 0.2) is 12.4 Å². The van der Waals surface area contributed by atoms with Gasteiger partial charge in [0.15, 0.2) is 0 Å². The van der Waals surface area contributed by atoms with Crippen LogP contribution in [0.1, 0.15) is 27.8 Å². The normalized spacial score (nSPS) is 19.4. The highest BCUT2D eigenvalue weighted by molar-refractivity contribution is 7.07. The SMILES string of the molecule is Cc1nnsc1C(=O)N1CCC(n2nccn2)C1. The van der Waals surface area contributed by atoms with Crippen molar-refractivity contribution < 1.29 is 4.79 Å². The zero-order valence-corrected chi connectivity index (χ0v) is 10.7. The number of rotatable bonds is 2. The fourth-order valence-electron chi connectivity index (χ4n) is 2.10. The molecule has 0 aliphatic carbocycles. The average molecular weight is 264 g/mol. The number of amides is 1. The van der Waals surface area contributed by atoms with Crippen LogP contribution in [0.2, 0.25) is 0 Å². The van der Waals surface area contributed by atoms with Crippen LogP contribution in [0.25, 0.3) is 0 Å². The monoisotopic (exact) mass is 264 g/mol. The van der Waals surface area contributed by atoms with Crippen molar-refractivity contribution in [3.05, 3.63) is 23.0 Å². The van der Waals surface area contributed by atoms with Gasteiger partial charge in [0.25, 0.3) is 5.91 Å². The van der Waals surface area contributed by atoms with Crippen molar-refractivity contribution in [3.8, 4) is 0 Å². The summed E-state index contributed by atoms with van der Waals surface area (Å²) in [6, 6.07) is 0.171. The molecule has 7 nitrogen and oxygen atoms in total. The van der Waals surface area contributed by atoms with Gasteiger partial charge in [-0.15, -0.1) is 5.10 Å². The minimum Gasteiger partial charge on any atom is -0.336 e. The Labute approximate surface area is 108 Å². The number of carbonyl (C=O) groups excluding carboxylic acids is 1. The lowest BCUT2D eigenvalue weighted by atomic mass is 10.3. The van der Waals surface area contributed by atoms with Crippen LogP contribution in [0, 0.1) is 6.92 Å². The first-order chi connectivity index (χ1) is 8.75. The van der Waals surface area contributed by atoms with E-state index in [2.05, 4.69) is 19.8 Å². The Bertz CT molecular complexity index is 550. The summed E-state index contributed by atoms with van der Waals surface area (Å²) in [7, 11) is 0. The molecule has 0 aromatic carbocycles. The van der Waals surface area contributed by atoms with Crippen LogP contribution in [0.4, 0.5) is 0 Å². The van der Waals surface area contributed by atoms with E-state index < -0.39 is 0 Å². The minimum atomic E-state index is 0.0113. The fourth-order valence-corrected chi connectivity index (χ4v) is 2.73. The van der Waals surface area contributed by atoms with Gasteiger partial charge < -0.3 is 4.90 Å². The Morgan fingerprint density at radius 2 is 2.22 bits per heavy atom. The van der Waals surface area contributed by atoms with Gasteiger partial charge >= 0.3 is 0 Å². The van der Waals surface area contributed by atoms with Crippen LogP contribution in [0.3, 0.4) is 0 Å². The zero-order valence-electron chi connectivity index (χ0n) is 9.85. The Morgan fingerprint density at radius 3 is 2.89 bits per heavy atom. The van der Waals surface area contributed by atoms with Gasteiger partial charge in [-0.25, -0.2) is 0 Å². The van der Waals surface area contributed by atoms with Gasteiger partial charge in [-0.2, -0.15) is 15.0 Å². The molecule has 1 atom stereocenters. The molecule has 1 fully saturated rings. The standard InChI is InChI=1S/C10H12N6OS/c1-7-9(18-14-13-7)10(17)15-5-2-8(6-15)16-11-3-4-12-16/h3-4,8H,2,5-6H2,1H3. The Kier molecular flexibility index (Phi) is 2.78. The van der Waals surface area contributed by atoms with E-state index >= 15 is 0 Å². The van der Waals surface area contributed by atoms with E-state index in [1.807, 2.05) is 4.90 Å². The number of hydrogen-bond donors (Lipinski definition) is 0. The number of nitrogens with zero attached hydrogens (tertiary/aromatic N) is 6. The number of likely N-dealkylation sites (tertiary alicyclic amines) is 1. The van der Waals surface area contributed by atoms with Crippen LogP contribution >= 0.6 is 11.5 Å². The molecule has 1 aliphatic rings. The van der Waals surface area contributed by atoms with Crippen molar-refractivity contribution in [1.29, 1.82) is 0 Å². The molecule has 0 saturated carbocycles. The van der Waals surface area contributed by atoms with Crippen molar-refractivity contribution in [2.45, 2.75) is 19.4 Å². The van der Waals surface area contributed by atoms with Crippen molar-refractivity contribution in [2.75, 3.05) is 13.1 Å². The number of aromatic nitrogens is 5. The topological polar surface area (TPSA) is 76.8 Å². The highest BCUT2D eigenvalue weighted by atomic mass is 32.1. The maximum Gasteiger partial charge on any atom is 0.267 e. The van der Waals surface area contributed by atoms with Crippen molar-refractivity contribution >= 4 is 17.4 Å². The van der Waals surface area contributed by atoms with Gasteiger partial charge in [-0.05, 0) is 24.9 Å². The summed E-state index contributed by atoms with van der Waals surface area (Å²) >= 11 is 1.15. The molecular formula is C10H12N6OS. The van der Waals surface area contributed by atoms with E-state index in [1.165, 1.54) is 0 Å². The van der Waals surface area contributed by atoms with E-state index in [1.54, 1.807) is 24.1 Å². The van der Waals surface area contributed by atoms with E-state index in [0.717, 1.165) is 24.5 Å². The number of hydrogen-bond acceptors (Lipinski definition) is 6. The van der Waals surface area contributed by atoms with E-state index in [4.69, 9.17) is 0 Å². The maximum absolute atomic E-state index is 12.3. The minimum absolute atomic E-state index is 0.0113. The molecule has 0 N–H and O–H groups in total. The van der Waals surface area contributed by atoms with Gasteiger partial charge in [-0.3, -0.25) is 4.79 Å². The maximum atomic E-state index is 12.3. The summed E-state index contributed by atoms with van der Waals surface area (Å²) in [5, 5.41) is 12.1. The first kappa shape index (κ1) is 11.3.